The molecule has 6 nitrogen and oxygen atoms in total. The fourth-order valence-electron chi connectivity index (χ4n) is 4.10. The van der Waals surface area contributed by atoms with E-state index in [1.54, 1.807) is 4.90 Å². The Kier molecular flexibility index (Phi) is 6.55. The third-order valence-corrected chi connectivity index (χ3v) is 6.11. The number of rotatable bonds is 6. The number of halogens is 1. The van der Waals surface area contributed by atoms with E-state index in [0.29, 0.717) is 13.1 Å². The zero-order valence-corrected chi connectivity index (χ0v) is 17.7. The van der Waals surface area contributed by atoms with Crippen molar-refractivity contribution < 1.29 is 9.59 Å². The largest absolute Gasteiger partial charge is 0.369 e. The molecule has 2 saturated heterocycles. The summed E-state index contributed by atoms with van der Waals surface area (Å²) in [6.45, 7) is 5.72. The summed E-state index contributed by atoms with van der Waals surface area (Å²) in [7, 11) is 0. The highest BCUT2D eigenvalue weighted by Crippen LogP contribution is 2.25. The van der Waals surface area contributed by atoms with Crippen LogP contribution >= 0.6 is 11.6 Å². The lowest BCUT2D eigenvalue weighted by atomic mass is 10.1. The SMILES string of the molecule is O=C(NCCN1CCN(c2ccc(Cl)cc2)CC1)C1CC(=O)N(c2ccccc2)C1. The number of benzene rings is 2. The predicted octanol–water partition coefficient (Wildman–Crippen LogP) is 2.63. The normalized spacial score (nSPS) is 19.9. The lowest BCUT2D eigenvalue weighted by molar-refractivity contribution is -0.126. The van der Waals surface area contributed by atoms with Crippen LogP contribution in [0.3, 0.4) is 0 Å². The monoisotopic (exact) mass is 426 g/mol. The Hall–Kier alpha value is -2.57. The summed E-state index contributed by atoms with van der Waals surface area (Å²) in [5.41, 5.74) is 2.05. The first kappa shape index (κ1) is 20.7. The van der Waals surface area contributed by atoms with Crippen LogP contribution in [0.4, 0.5) is 11.4 Å². The van der Waals surface area contributed by atoms with Crippen molar-refractivity contribution in [3.63, 3.8) is 0 Å². The molecule has 0 aromatic heterocycles. The summed E-state index contributed by atoms with van der Waals surface area (Å²) in [5.74, 6) is -0.291. The fraction of sp³-hybridized carbons (Fsp3) is 0.391. The Bertz CT molecular complexity index is 867. The molecule has 0 aliphatic carbocycles. The second-order valence-electron chi connectivity index (χ2n) is 7.84. The lowest BCUT2D eigenvalue weighted by Gasteiger charge is -2.36. The maximum atomic E-state index is 12.5. The molecule has 2 aromatic rings. The second-order valence-corrected chi connectivity index (χ2v) is 8.27. The lowest BCUT2D eigenvalue weighted by Crippen LogP contribution is -2.48. The van der Waals surface area contributed by atoms with Crippen LogP contribution in [-0.2, 0) is 9.59 Å². The van der Waals surface area contributed by atoms with Crippen molar-refractivity contribution >= 4 is 34.8 Å². The Morgan fingerprint density at radius 3 is 2.37 bits per heavy atom. The van der Waals surface area contributed by atoms with Crippen molar-refractivity contribution in [2.24, 2.45) is 5.92 Å². The first-order valence-electron chi connectivity index (χ1n) is 10.5. The summed E-state index contributed by atoms with van der Waals surface area (Å²) in [6, 6.07) is 17.5. The molecule has 2 aromatic carbocycles. The quantitative estimate of drug-likeness (QED) is 0.771. The van der Waals surface area contributed by atoms with Crippen LogP contribution < -0.4 is 15.1 Å². The van der Waals surface area contributed by atoms with Crippen LogP contribution in [0.25, 0.3) is 0 Å². The third kappa shape index (κ3) is 4.94. The third-order valence-electron chi connectivity index (χ3n) is 5.86. The Labute approximate surface area is 182 Å². The Balaban J connectivity index is 1.18. The molecule has 2 fully saturated rings. The van der Waals surface area contributed by atoms with Crippen molar-refractivity contribution in [1.82, 2.24) is 10.2 Å². The van der Waals surface area contributed by atoms with Crippen LogP contribution in [0.1, 0.15) is 6.42 Å². The minimum Gasteiger partial charge on any atom is -0.369 e. The average molecular weight is 427 g/mol. The number of amides is 2. The summed E-state index contributed by atoms with van der Waals surface area (Å²) < 4.78 is 0. The topological polar surface area (TPSA) is 55.9 Å². The minimum atomic E-state index is -0.278. The van der Waals surface area contributed by atoms with E-state index in [9.17, 15) is 9.59 Å². The molecular formula is C23H27ClN4O2. The molecule has 0 radical (unpaired) electrons. The van der Waals surface area contributed by atoms with E-state index in [-0.39, 0.29) is 24.2 Å². The smallest absolute Gasteiger partial charge is 0.227 e. The Morgan fingerprint density at radius 1 is 0.967 bits per heavy atom. The van der Waals surface area contributed by atoms with E-state index in [0.717, 1.165) is 43.4 Å². The van der Waals surface area contributed by atoms with Gasteiger partial charge in [-0.3, -0.25) is 14.5 Å². The number of piperazine rings is 1. The molecule has 1 unspecified atom stereocenters. The van der Waals surface area contributed by atoms with Crippen molar-refractivity contribution in [2.45, 2.75) is 6.42 Å². The second kappa shape index (κ2) is 9.49. The molecular weight excluding hydrogens is 400 g/mol. The van der Waals surface area contributed by atoms with Gasteiger partial charge in [0, 0.05) is 68.6 Å². The molecule has 30 heavy (non-hydrogen) atoms. The molecule has 2 aliphatic rings. The molecule has 7 heteroatoms. The van der Waals surface area contributed by atoms with Crippen LogP contribution in [0.15, 0.2) is 54.6 Å². The fourth-order valence-corrected chi connectivity index (χ4v) is 4.23. The van der Waals surface area contributed by atoms with E-state index in [4.69, 9.17) is 11.6 Å². The molecule has 4 rings (SSSR count). The van der Waals surface area contributed by atoms with Crippen LogP contribution in [-0.4, -0.2) is 62.5 Å². The van der Waals surface area contributed by atoms with Crippen molar-refractivity contribution in [2.75, 3.05) is 55.6 Å². The van der Waals surface area contributed by atoms with E-state index in [1.165, 1.54) is 5.69 Å². The molecule has 2 aliphatic heterocycles. The van der Waals surface area contributed by atoms with Gasteiger partial charge in [0.1, 0.15) is 0 Å². The number of nitrogens with one attached hydrogen (secondary N) is 1. The van der Waals surface area contributed by atoms with Crippen molar-refractivity contribution in [3.8, 4) is 0 Å². The predicted molar refractivity (Wildman–Crippen MR) is 120 cm³/mol. The van der Waals surface area contributed by atoms with Crippen molar-refractivity contribution in [1.29, 1.82) is 0 Å². The first-order chi connectivity index (χ1) is 14.6. The van der Waals surface area contributed by atoms with Gasteiger partial charge in [0.2, 0.25) is 11.8 Å². The molecule has 0 spiro atoms. The summed E-state index contributed by atoms with van der Waals surface area (Å²) in [4.78, 5) is 31.3. The molecule has 0 bridgehead atoms. The molecule has 1 N–H and O–H groups in total. The van der Waals surface area contributed by atoms with Gasteiger partial charge in [0.25, 0.3) is 0 Å². The first-order valence-corrected chi connectivity index (χ1v) is 10.8. The van der Waals surface area contributed by atoms with E-state index in [2.05, 4.69) is 27.2 Å². The molecule has 158 valence electrons. The number of carbonyl (C=O) groups excluding carboxylic acids is 2. The van der Waals surface area contributed by atoms with Gasteiger partial charge in [-0.1, -0.05) is 29.8 Å². The zero-order chi connectivity index (χ0) is 20.9. The van der Waals surface area contributed by atoms with Gasteiger partial charge in [-0.05, 0) is 36.4 Å². The number of hydrogen-bond donors (Lipinski definition) is 1. The maximum absolute atomic E-state index is 12.5. The van der Waals surface area contributed by atoms with Crippen LogP contribution in [0, 0.1) is 5.92 Å². The van der Waals surface area contributed by atoms with E-state index >= 15 is 0 Å². The molecule has 2 amide bonds. The molecule has 0 saturated carbocycles. The number of anilines is 2. The minimum absolute atomic E-state index is 0.0136. The van der Waals surface area contributed by atoms with E-state index < -0.39 is 0 Å². The van der Waals surface area contributed by atoms with Crippen LogP contribution in [0.2, 0.25) is 5.02 Å². The van der Waals surface area contributed by atoms with Crippen LogP contribution in [0.5, 0.6) is 0 Å². The summed E-state index contributed by atoms with van der Waals surface area (Å²) in [5, 5.41) is 3.78. The highest BCUT2D eigenvalue weighted by molar-refractivity contribution is 6.30. The summed E-state index contributed by atoms with van der Waals surface area (Å²) in [6.07, 6.45) is 0.278. The average Bonchev–Trinajstić information content (AvgIpc) is 3.17. The van der Waals surface area contributed by atoms with Gasteiger partial charge in [-0.25, -0.2) is 0 Å². The number of para-hydroxylation sites is 1. The highest BCUT2D eigenvalue weighted by Gasteiger charge is 2.34. The number of nitrogens with zero attached hydrogens (tertiary/aromatic N) is 3. The van der Waals surface area contributed by atoms with Crippen molar-refractivity contribution in [3.05, 3.63) is 59.6 Å². The van der Waals surface area contributed by atoms with Gasteiger partial charge in [-0.15, -0.1) is 0 Å². The zero-order valence-electron chi connectivity index (χ0n) is 17.0. The van der Waals surface area contributed by atoms with Gasteiger partial charge >= 0.3 is 0 Å². The number of carbonyl (C=O) groups is 2. The number of hydrogen-bond acceptors (Lipinski definition) is 4. The standard InChI is InChI=1S/C23H27ClN4O2/c24-19-6-8-20(9-7-19)27-14-12-26(13-15-27)11-10-25-23(30)18-16-22(29)28(17-18)21-4-2-1-3-5-21/h1-9,18H,10-17H2,(H,25,30). The van der Waals surface area contributed by atoms with E-state index in [1.807, 2.05) is 42.5 Å². The molecule has 1 atom stereocenters. The van der Waals surface area contributed by atoms with Gasteiger partial charge < -0.3 is 15.1 Å². The van der Waals surface area contributed by atoms with Gasteiger partial charge in [0.15, 0.2) is 0 Å². The Morgan fingerprint density at radius 2 is 1.67 bits per heavy atom. The highest BCUT2D eigenvalue weighted by atomic mass is 35.5. The molecule has 2 heterocycles. The van der Waals surface area contributed by atoms with Gasteiger partial charge in [-0.2, -0.15) is 0 Å². The van der Waals surface area contributed by atoms with Gasteiger partial charge in [0.05, 0.1) is 5.92 Å². The maximum Gasteiger partial charge on any atom is 0.227 e. The summed E-state index contributed by atoms with van der Waals surface area (Å²) >= 11 is 5.97.